The van der Waals surface area contributed by atoms with E-state index in [2.05, 4.69) is 20.0 Å². The van der Waals surface area contributed by atoms with Crippen molar-refractivity contribution in [3.05, 3.63) is 58.7 Å². The molecule has 0 spiro atoms. The van der Waals surface area contributed by atoms with E-state index in [9.17, 15) is 18.0 Å². The van der Waals surface area contributed by atoms with Crippen LogP contribution in [0.1, 0.15) is 21.7 Å². The minimum Gasteiger partial charge on any atom is -0.491 e. The van der Waals surface area contributed by atoms with Crippen LogP contribution in [0.15, 0.2) is 24.3 Å². The zero-order valence-corrected chi connectivity index (χ0v) is 17.8. The third kappa shape index (κ3) is 3.85. The molecule has 1 aromatic carbocycles. The Morgan fingerprint density at radius 1 is 0.969 bits per heavy atom. The summed E-state index contributed by atoms with van der Waals surface area (Å²) in [7, 11) is 1.01. The van der Waals surface area contributed by atoms with E-state index in [-0.39, 0.29) is 13.1 Å². The smallest absolute Gasteiger partial charge is 0.257 e. The molecule has 1 amide bonds. The molecular formula is C21H21F3N6O2. The molecular weight excluding hydrogens is 425 g/mol. The van der Waals surface area contributed by atoms with E-state index in [1.165, 1.54) is 4.90 Å². The van der Waals surface area contributed by atoms with Crippen LogP contribution in [0.5, 0.6) is 5.75 Å². The number of piperazine rings is 1. The van der Waals surface area contributed by atoms with E-state index in [0.717, 1.165) is 18.5 Å². The van der Waals surface area contributed by atoms with Gasteiger partial charge in [0.2, 0.25) is 5.82 Å². The van der Waals surface area contributed by atoms with Gasteiger partial charge in [0.15, 0.2) is 29.0 Å². The Morgan fingerprint density at radius 3 is 2.19 bits per heavy atom. The fourth-order valence-corrected chi connectivity index (χ4v) is 3.69. The number of aromatic nitrogens is 4. The van der Waals surface area contributed by atoms with Crippen LogP contribution >= 0.6 is 0 Å². The average molecular weight is 446 g/mol. The number of carbonyl (C=O) groups excluding carboxylic acids is 1. The number of rotatable bonds is 4. The first kappa shape index (κ1) is 21.6. The van der Waals surface area contributed by atoms with Gasteiger partial charge in [0.1, 0.15) is 0 Å². The van der Waals surface area contributed by atoms with Gasteiger partial charge in [-0.1, -0.05) is 0 Å². The quantitative estimate of drug-likeness (QED) is 0.574. The maximum atomic E-state index is 14.5. The van der Waals surface area contributed by atoms with Crippen molar-refractivity contribution in [2.45, 2.75) is 13.8 Å². The fourth-order valence-electron chi connectivity index (χ4n) is 3.69. The number of methoxy groups -OCH3 is 1. The lowest BCUT2D eigenvalue weighted by atomic mass is 10.1. The van der Waals surface area contributed by atoms with Gasteiger partial charge in [-0.2, -0.15) is 9.49 Å². The predicted molar refractivity (Wildman–Crippen MR) is 110 cm³/mol. The molecule has 0 radical (unpaired) electrons. The molecule has 3 aromatic rings. The van der Waals surface area contributed by atoms with Crippen LogP contribution in [0, 0.1) is 31.3 Å². The topological polar surface area (TPSA) is 76.4 Å². The Bertz CT molecular complexity index is 1160. The number of ether oxygens (including phenoxy) is 1. The minimum atomic E-state index is -1.46. The number of benzene rings is 1. The van der Waals surface area contributed by atoms with Gasteiger partial charge >= 0.3 is 0 Å². The molecule has 1 aliphatic heterocycles. The molecule has 0 unspecified atom stereocenters. The third-order valence-electron chi connectivity index (χ3n) is 5.30. The van der Waals surface area contributed by atoms with E-state index >= 15 is 0 Å². The van der Waals surface area contributed by atoms with Crippen molar-refractivity contribution >= 4 is 11.7 Å². The van der Waals surface area contributed by atoms with Gasteiger partial charge in [-0.3, -0.25) is 4.79 Å². The van der Waals surface area contributed by atoms with Crippen molar-refractivity contribution in [3.63, 3.8) is 0 Å². The van der Waals surface area contributed by atoms with Crippen LogP contribution < -0.4 is 9.64 Å². The lowest BCUT2D eigenvalue weighted by molar-refractivity contribution is 0.0740. The van der Waals surface area contributed by atoms with Crippen LogP contribution in [-0.4, -0.2) is 64.1 Å². The second-order valence-corrected chi connectivity index (χ2v) is 7.44. The van der Waals surface area contributed by atoms with Crippen molar-refractivity contribution in [2.75, 3.05) is 38.2 Å². The van der Waals surface area contributed by atoms with E-state index < -0.39 is 34.7 Å². The highest BCUT2D eigenvalue weighted by atomic mass is 19.2. The summed E-state index contributed by atoms with van der Waals surface area (Å²) >= 11 is 0. The number of anilines is 1. The van der Waals surface area contributed by atoms with Gasteiger partial charge in [-0.05, 0) is 38.1 Å². The van der Waals surface area contributed by atoms with Crippen molar-refractivity contribution < 1.29 is 22.7 Å². The van der Waals surface area contributed by atoms with E-state index in [0.29, 0.717) is 30.8 Å². The standard InChI is InChI=1S/C21H21F3N6O2/c1-12-10-13(2)30(27-12)17-5-4-16(25-26-17)28-6-8-29(9-7-28)21(31)14-11-15(22)19(24)20(32-3)18(14)23/h4-5,10-11H,6-9H2,1-3H3. The van der Waals surface area contributed by atoms with Crippen molar-refractivity contribution in [1.29, 1.82) is 0 Å². The molecule has 168 valence electrons. The average Bonchev–Trinajstić information content (AvgIpc) is 3.14. The first-order valence-corrected chi connectivity index (χ1v) is 9.93. The number of hydrogen-bond donors (Lipinski definition) is 0. The lowest BCUT2D eigenvalue weighted by Crippen LogP contribution is -2.49. The Hall–Kier alpha value is -3.63. The highest BCUT2D eigenvalue weighted by Gasteiger charge is 2.29. The Morgan fingerprint density at radius 2 is 1.62 bits per heavy atom. The summed E-state index contributed by atoms with van der Waals surface area (Å²) in [5.74, 6) is -4.45. The molecule has 0 bridgehead atoms. The van der Waals surface area contributed by atoms with Crippen LogP contribution in [0.25, 0.3) is 5.82 Å². The molecule has 1 fully saturated rings. The maximum absolute atomic E-state index is 14.5. The molecule has 11 heteroatoms. The summed E-state index contributed by atoms with van der Waals surface area (Å²) in [6.45, 7) is 5.16. The molecule has 8 nitrogen and oxygen atoms in total. The second kappa shape index (κ2) is 8.48. The molecule has 3 heterocycles. The van der Waals surface area contributed by atoms with Crippen LogP contribution in [-0.2, 0) is 0 Å². The summed E-state index contributed by atoms with van der Waals surface area (Å²) in [5, 5.41) is 12.9. The van der Waals surface area contributed by atoms with Gasteiger partial charge in [0, 0.05) is 31.9 Å². The SMILES string of the molecule is COc1c(F)c(F)cc(C(=O)N2CCN(c3ccc(-n4nc(C)cc4C)nn3)CC2)c1F. The molecule has 32 heavy (non-hydrogen) atoms. The Kier molecular flexibility index (Phi) is 5.72. The maximum Gasteiger partial charge on any atom is 0.257 e. The van der Waals surface area contributed by atoms with Crippen LogP contribution in [0.4, 0.5) is 19.0 Å². The summed E-state index contributed by atoms with van der Waals surface area (Å²) in [4.78, 5) is 16.0. The third-order valence-corrected chi connectivity index (χ3v) is 5.30. The molecule has 0 N–H and O–H groups in total. The number of amides is 1. The van der Waals surface area contributed by atoms with Crippen LogP contribution in [0.3, 0.4) is 0 Å². The largest absolute Gasteiger partial charge is 0.491 e. The monoisotopic (exact) mass is 446 g/mol. The van der Waals surface area contributed by atoms with Crippen molar-refractivity contribution in [1.82, 2.24) is 24.9 Å². The summed E-state index contributed by atoms with van der Waals surface area (Å²) in [5.41, 5.74) is 1.25. The number of aryl methyl sites for hydroxylation is 2. The molecule has 4 rings (SSSR count). The zero-order chi connectivity index (χ0) is 23.0. The van der Waals surface area contributed by atoms with E-state index in [1.54, 1.807) is 4.68 Å². The van der Waals surface area contributed by atoms with Crippen LogP contribution in [0.2, 0.25) is 0 Å². The predicted octanol–water partition coefficient (Wildman–Crippen LogP) is 2.67. The molecule has 1 aliphatic rings. The molecule has 2 aromatic heterocycles. The fraction of sp³-hybridized carbons (Fsp3) is 0.333. The number of carbonyl (C=O) groups is 1. The summed E-state index contributed by atoms with van der Waals surface area (Å²) in [6, 6.07) is 6.13. The van der Waals surface area contributed by atoms with E-state index in [1.807, 2.05) is 36.9 Å². The molecule has 0 atom stereocenters. The minimum absolute atomic E-state index is 0.250. The summed E-state index contributed by atoms with van der Waals surface area (Å²) < 4.78 is 48.2. The number of hydrogen-bond acceptors (Lipinski definition) is 6. The first-order valence-electron chi connectivity index (χ1n) is 9.93. The number of halogens is 3. The normalized spacial score (nSPS) is 14.1. The number of nitrogens with zero attached hydrogens (tertiary/aromatic N) is 6. The van der Waals surface area contributed by atoms with Gasteiger partial charge in [-0.25, -0.2) is 13.5 Å². The molecule has 0 saturated carbocycles. The van der Waals surface area contributed by atoms with E-state index in [4.69, 9.17) is 0 Å². The molecule has 1 saturated heterocycles. The van der Waals surface area contributed by atoms with Gasteiger partial charge in [-0.15, -0.1) is 10.2 Å². The highest BCUT2D eigenvalue weighted by Crippen LogP contribution is 2.28. The van der Waals surface area contributed by atoms with Gasteiger partial charge < -0.3 is 14.5 Å². The lowest BCUT2D eigenvalue weighted by Gasteiger charge is -2.35. The second-order valence-electron chi connectivity index (χ2n) is 7.44. The van der Waals surface area contributed by atoms with Crippen molar-refractivity contribution in [2.24, 2.45) is 0 Å². The Labute approximate surface area is 182 Å². The highest BCUT2D eigenvalue weighted by molar-refractivity contribution is 5.95. The molecule has 0 aliphatic carbocycles. The van der Waals surface area contributed by atoms with Gasteiger partial charge in [0.05, 0.1) is 18.4 Å². The summed E-state index contributed by atoms with van der Waals surface area (Å²) in [6.07, 6.45) is 0. The first-order chi connectivity index (χ1) is 15.3. The van der Waals surface area contributed by atoms with Gasteiger partial charge in [0.25, 0.3) is 5.91 Å². The van der Waals surface area contributed by atoms with Crippen molar-refractivity contribution in [3.8, 4) is 11.6 Å². The zero-order valence-electron chi connectivity index (χ0n) is 17.8. The Balaban J connectivity index is 1.45.